The molecule has 0 unspecified atom stereocenters. The maximum absolute atomic E-state index is 11.4. The number of benzene rings is 1. The molecule has 1 rings (SSSR count). The first-order chi connectivity index (χ1) is 7.99. The largest absolute Gasteiger partial charge is 0.492 e. The van der Waals surface area contributed by atoms with Gasteiger partial charge in [-0.05, 0) is 31.5 Å². The van der Waals surface area contributed by atoms with Crippen molar-refractivity contribution in [1.82, 2.24) is 5.43 Å². The lowest BCUT2D eigenvalue weighted by molar-refractivity contribution is -0.130. The first kappa shape index (κ1) is 13.5. The summed E-state index contributed by atoms with van der Waals surface area (Å²) in [5.74, 6) is 5.46. The summed E-state index contributed by atoms with van der Waals surface area (Å²) in [5.41, 5.74) is 2.23. The van der Waals surface area contributed by atoms with Gasteiger partial charge in [-0.1, -0.05) is 12.1 Å². The number of aliphatic hydroxyl groups excluding tert-OH is 1. The summed E-state index contributed by atoms with van der Waals surface area (Å²) in [7, 11) is 0. The van der Waals surface area contributed by atoms with Gasteiger partial charge in [0.15, 0.2) is 0 Å². The van der Waals surface area contributed by atoms with Gasteiger partial charge in [0.2, 0.25) is 5.91 Å². The van der Waals surface area contributed by atoms with E-state index in [9.17, 15) is 4.79 Å². The Kier molecular flexibility index (Phi) is 4.48. The predicted molar refractivity (Wildman–Crippen MR) is 64.0 cm³/mol. The van der Waals surface area contributed by atoms with Crippen LogP contribution in [-0.4, -0.2) is 17.6 Å². The molecule has 5 nitrogen and oxygen atoms in total. The number of carbonyl (C=O) groups is 1. The highest BCUT2D eigenvalue weighted by atomic mass is 16.5. The molecule has 0 fully saturated rings. The van der Waals surface area contributed by atoms with Gasteiger partial charge >= 0.3 is 0 Å². The van der Waals surface area contributed by atoms with Crippen molar-refractivity contribution in [3.8, 4) is 5.75 Å². The van der Waals surface area contributed by atoms with Crippen LogP contribution in [0, 0.1) is 5.41 Å². The highest BCUT2D eigenvalue weighted by Gasteiger charge is 2.27. The normalized spacial score (nSPS) is 11.1. The number of aliphatic hydroxyl groups is 1. The number of nitrogens with two attached hydrogens (primary N) is 1. The molecule has 0 aromatic heterocycles. The van der Waals surface area contributed by atoms with E-state index in [1.165, 1.54) is 0 Å². The van der Waals surface area contributed by atoms with Crippen LogP contribution in [0.3, 0.4) is 0 Å². The molecule has 0 radical (unpaired) electrons. The molecule has 0 saturated heterocycles. The molecule has 94 valence electrons. The number of rotatable bonds is 5. The van der Waals surface area contributed by atoms with Gasteiger partial charge in [0.05, 0.1) is 12.0 Å². The highest BCUT2D eigenvalue weighted by molar-refractivity contribution is 5.81. The number of amides is 1. The number of hydrogen-bond donors (Lipinski definition) is 3. The molecule has 0 aliphatic heterocycles. The second-order valence-corrected chi connectivity index (χ2v) is 4.45. The van der Waals surface area contributed by atoms with Crippen LogP contribution in [0.15, 0.2) is 24.3 Å². The number of hydrogen-bond acceptors (Lipinski definition) is 4. The van der Waals surface area contributed by atoms with Crippen LogP contribution in [-0.2, 0) is 11.4 Å². The Balaban J connectivity index is 2.57. The second-order valence-electron chi connectivity index (χ2n) is 4.45. The first-order valence-electron chi connectivity index (χ1n) is 5.33. The van der Waals surface area contributed by atoms with Crippen LogP contribution in [0.1, 0.15) is 19.4 Å². The first-order valence-corrected chi connectivity index (χ1v) is 5.33. The molecule has 0 saturated carbocycles. The van der Waals surface area contributed by atoms with Gasteiger partial charge in [-0.3, -0.25) is 10.2 Å². The molecule has 4 N–H and O–H groups in total. The predicted octanol–water partition coefficient (Wildman–Crippen LogP) is 0.574. The Morgan fingerprint density at radius 3 is 2.47 bits per heavy atom. The van der Waals surface area contributed by atoms with Crippen LogP contribution in [0.25, 0.3) is 0 Å². The van der Waals surface area contributed by atoms with E-state index in [0.717, 1.165) is 5.56 Å². The van der Waals surface area contributed by atoms with Gasteiger partial charge in [-0.2, -0.15) is 0 Å². The van der Waals surface area contributed by atoms with Crippen LogP contribution in [0.4, 0.5) is 0 Å². The maximum atomic E-state index is 11.4. The Bertz CT molecular complexity index is 374. The van der Waals surface area contributed by atoms with E-state index in [1.807, 2.05) is 0 Å². The Labute approximate surface area is 101 Å². The molecule has 0 spiro atoms. The van der Waals surface area contributed by atoms with Crippen molar-refractivity contribution in [3.63, 3.8) is 0 Å². The Morgan fingerprint density at radius 1 is 1.41 bits per heavy atom. The van der Waals surface area contributed by atoms with Gasteiger partial charge in [0, 0.05) is 0 Å². The van der Waals surface area contributed by atoms with E-state index in [2.05, 4.69) is 5.43 Å². The minimum Gasteiger partial charge on any atom is -0.492 e. The minimum absolute atomic E-state index is 0.00134. The quantitative estimate of drug-likeness (QED) is 0.398. The van der Waals surface area contributed by atoms with Crippen molar-refractivity contribution in [3.05, 3.63) is 29.8 Å². The Morgan fingerprint density at radius 2 is 2.00 bits per heavy atom. The van der Waals surface area contributed by atoms with Crippen molar-refractivity contribution in [2.75, 3.05) is 6.61 Å². The Hall–Kier alpha value is -1.59. The number of carbonyl (C=O) groups excluding carboxylic acids is 1. The molecule has 0 aliphatic carbocycles. The third kappa shape index (κ3) is 3.72. The molecule has 0 atom stereocenters. The fourth-order valence-electron chi connectivity index (χ4n) is 1.22. The van der Waals surface area contributed by atoms with Crippen LogP contribution in [0.2, 0.25) is 0 Å². The topological polar surface area (TPSA) is 84.6 Å². The van der Waals surface area contributed by atoms with E-state index >= 15 is 0 Å². The van der Waals surface area contributed by atoms with E-state index in [4.69, 9.17) is 15.7 Å². The molecule has 1 aromatic rings. The molecular formula is C12H18N2O3. The zero-order valence-electron chi connectivity index (χ0n) is 10.1. The smallest absolute Gasteiger partial charge is 0.242 e. The van der Waals surface area contributed by atoms with Crippen LogP contribution < -0.4 is 16.0 Å². The summed E-state index contributed by atoms with van der Waals surface area (Å²) in [6, 6.07) is 7.04. The zero-order valence-corrected chi connectivity index (χ0v) is 10.1. The third-order valence-electron chi connectivity index (χ3n) is 2.45. The maximum Gasteiger partial charge on any atom is 0.242 e. The van der Waals surface area contributed by atoms with Crippen LogP contribution in [0.5, 0.6) is 5.75 Å². The van der Waals surface area contributed by atoms with Crippen molar-refractivity contribution >= 4 is 5.91 Å². The molecule has 0 heterocycles. The second kappa shape index (κ2) is 5.65. The van der Waals surface area contributed by atoms with Gasteiger partial charge in [-0.15, -0.1) is 0 Å². The van der Waals surface area contributed by atoms with Crippen molar-refractivity contribution in [1.29, 1.82) is 0 Å². The monoisotopic (exact) mass is 238 g/mol. The van der Waals surface area contributed by atoms with Crippen molar-refractivity contribution < 1.29 is 14.6 Å². The summed E-state index contributed by atoms with van der Waals surface area (Å²) in [6.07, 6.45) is 0. The van der Waals surface area contributed by atoms with E-state index in [1.54, 1.807) is 38.1 Å². The van der Waals surface area contributed by atoms with E-state index < -0.39 is 5.41 Å². The molecule has 0 aliphatic rings. The summed E-state index contributed by atoms with van der Waals surface area (Å²) in [4.78, 5) is 11.4. The van der Waals surface area contributed by atoms with Gasteiger partial charge in [0.1, 0.15) is 12.4 Å². The van der Waals surface area contributed by atoms with E-state index in [-0.39, 0.29) is 19.1 Å². The standard InChI is InChI=1S/C12H18N2O3/c1-12(2,11(16)14-13)8-17-10-5-3-9(7-15)4-6-10/h3-6,15H,7-8,13H2,1-2H3,(H,14,16). The van der Waals surface area contributed by atoms with Gasteiger partial charge < -0.3 is 9.84 Å². The molecule has 5 heteroatoms. The molecule has 1 aromatic carbocycles. The fraction of sp³-hybridized carbons (Fsp3) is 0.417. The summed E-state index contributed by atoms with van der Waals surface area (Å²) in [5, 5.41) is 8.88. The van der Waals surface area contributed by atoms with E-state index in [0.29, 0.717) is 5.75 Å². The van der Waals surface area contributed by atoms with Gasteiger partial charge in [-0.25, -0.2) is 5.84 Å². The lowest BCUT2D eigenvalue weighted by Crippen LogP contribution is -2.44. The molecule has 0 bridgehead atoms. The van der Waals surface area contributed by atoms with Crippen molar-refractivity contribution in [2.45, 2.75) is 20.5 Å². The van der Waals surface area contributed by atoms with Crippen LogP contribution >= 0.6 is 0 Å². The average Bonchev–Trinajstić information content (AvgIpc) is 2.36. The summed E-state index contributed by atoms with van der Waals surface area (Å²) in [6.45, 7) is 3.73. The van der Waals surface area contributed by atoms with Crippen molar-refractivity contribution in [2.24, 2.45) is 11.3 Å². The highest BCUT2D eigenvalue weighted by Crippen LogP contribution is 2.19. The summed E-state index contributed by atoms with van der Waals surface area (Å²) >= 11 is 0. The third-order valence-corrected chi connectivity index (χ3v) is 2.45. The SMILES string of the molecule is CC(C)(COc1ccc(CO)cc1)C(=O)NN. The number of nitrogens with one attached hydrogen (secondary N) is 1. The number of ether oxygens (including phenoxy) is 1. The molecule has 17 heavy (non-hydrogen) atoms. The minimum atomic E-state index is -0.690. The van der Waals surface area contributed by atoms with Gasteiger partial charge in [0.25, 0.3) is 0 Å². The fourth-order valence-corrected chi connectivity index (χ4v) is 1.22. The molecular weight excluding hydrogens is 220 g/mol. The number of hydrazine groups is 1. The average molecular weight is 238 g/mol. The summed E-state index contributed by atoms with van der Waals surface area (Å²) < 4.78 is 5.50. The lowest BCUT2D eigenvalue weighted by atomic mass is 9.94. The molecule has 1 amide bonds. The lowest BCUT2D eigenvalue weighted by Gasteiger charge is -2.22. The zero-order chi connectivity index (χ0) is 12.9.